The van der Waals surface area contributed by atoms with Crippen LogP contribution < -0.4 is 0 Å². The molecule has 2 aromatic carbocycles. The second-order valence-electron chi connectivity index (χ2n) is 6.19. The number of H-pyrrole nitrogens is 1. The standard InChI is InChI=1S/C19H20N4O3S2/c1-3-23(4-2)28(24,25)13-9-10-14-16(11-13)21-18(20-14)12-27-19-22-15-7-5-6-8-17(15)26-19/h5-11H,3-4,12H2,1-2H3,(H,20,21). The first-order valence-corrected chi connectivity index (χ1v) is 11.4. The van der Waals surface area contributed by atoms with E-state index < -0.39 is 10.0 Å². The van der Waals surface area contributed by atoms with Gasteiger partial charge in [-0.3, -0.25) is 0 Å². The SMILES string of the molecule is CCN(CC)S(=O)(=O)c1ccc2nc(CSc3nc4ccccc4o3)[nH]c2c1. The molecule has 1 N–H and O–H groups in total. The van der Waals surface area contributed by atoms with Gasteiger partial charge in [0.1, 0.15) is 11.3 Å². The number of hydrogen-bond donors (Lipinski definition) is 1. The van der Waals surface area contributed by atoms with Crippen LogP contribution >= 0.6 is 11.8 Å². The molecule has 0 saturated carbocycles. The number of thioether (sulfide) groups is 1. The second kappa shape index (κ2) is 7.57. The molecule has 0 aliphatic heterocycles. The maximum absolute atomic E-state index is 12.7. The van der Waals surface area contributed by atoms with Crippen LogP contribution in [0.25, 0.3) is 22.1 Å². The van der Waals surface area contributed by atoms with E-state index in [9.17, 15) is 8.42 Å². The van der Waals surface area contributed by atoms with Gasteiger partial charge in [-0.2, -0.15) is 4.31 Å². The van der Waals surface area contributed by atoms with E-state index >= 15 is 0 Å². The Kier molecular flexibility index (Phi) is 5.13. The normalized spacial score (nSPS) is 12.4. The number of nitrogens with one attached hydrogen (secondary N) is 1. The predicted octanol–water partition coefficient (Wildman–Crippen LogP) is 4.03. The van der Waals surface area contributed by atoms with Crippen LogP contribution in [0.3, 0.4) is 0 Å². The first-order chi connectivity index (χ1) is 13.5. The third kappa shape index (κ3) is 3.52. The minimum atomic E-state index is -3.50. The van der Waals surface area contributed by atoms with E-state index in [4.69, 9.17) is 4.42 Å². The number of oxazole rings is 1. The maximum Gasteiger partial charge on any atom is 0.257 e. The van der Waals surface area contributed by atoms with E-state index in [1.807, 2.05) is 38.1 Å². The third-order valence-corrected chi connectivity index (χ3v) is 7.34. The lowest BCUT2D eigenvalue weighted by atomic mass is 10.3. The third-order valence-electron chi connectivity index (χ3n) is 4.45. The Labute approximate surface area is 167 Å². The van der Waals surface area contributed by atoms with Crippen LogP contribution in [0.5, 0.6) is 0 Å². The zero-order valence-corrected chi connectivity index (χ0v) is 17.2. The molecule has 0 spiro atoms. The molecular formula is C19H20N4O3S2. The molecule has 0 atom stereocenters. The fourth-order valence-electron chi connectivity index (χ4n) is 3.03. The van der Waals surface area contributed by atoms with Gasteiger partial charge >= 0.3 is 0 Å². The zero-order valence-electron chi connectivity index (χ0n) is 15.5. The van der Waals surface area contributed by atoms with Crippen molar-refractivity contribution in [2.45, 2.75) is 29.7 Å². The van der Waals surface area contributed by atoms with Crippen molar-refractivity contribution >= 4 is 43.9 Å². The number of aromatic nitrogens is 3. The van der Waals surface area contributed by atoms with Gasteiger partial charge in [0.05, 0.1) is 21.7 Å². The molecule has 7 nitrogen and oxygen atoms in total. The molecule has 0 fully saturated rings. The molecule has 28 heavy (non-hydrogen) atoms. The van der Waals surface area contributed by atoms with E-state index in [1.54, 1.807) is 18.2 Å². The Morgan fingerprint density at radius 1 is 1.07 bits per heavy atom. The number of aromatic amines is 1. The van der Waals surface area contributed by atoms with Crippen LogP contribution in [-0.4, -0.2) is 40.8 Å². The topological polar surface area (TPSA) is 92.1 Å². The minimum absolute atomic E-state index is 0.269. The smallest absolute Gasteiger partial charge is 0.257 e. The van der Waals surface area contributed by atoms with Crippen molar-refractivity contribution < 1.29 is 12.8 Å². The average Bonchev–Trinajstić information content (AvgIpc) is 3.29. The summed E-state index contributed by atoms with van der Waals surface area (Å²) in [6, 6.07) is 12.6. The van der Waals surface area contributed by atoms with Crippen LogP contribution in [-0.2, 0) is 15.8 Å². The lowest BCUT2D eigenvalue weighted by Gasteiger charge is -2.18. The number of benzene rings is 2. The van der Waals surface area contributed by atoms with Crippen LogP contribution in [0.2, 0.25) is 0 Å². The number of imidazole rings is 1. The van der Waals surface area contributed by atoms with Crippen molar-refractivity contribution in [1.82, 2.24) is 19.3 Å². The molecule has 0 unspecified atom stereocenters. The fourth-order valence-corrected chi connectivity index (χ4v) is 5.22. The summed E-state index contributed by atoms with van der Waals surface area (Å²) in [6.07, 6.45) is 0. The highest BCUT2D eigenvalue weighted by atomic mass is 32.2. The summed E-state index contributed by atoms with van der Waals surface area (Å²) in [5.41, 5.74) is 3.00. The highest BCUT2D eigenvalue weighted by Gasteiger charge is 2.22. The molecule has 4 rings (SSSR count). The minimum Gasteiger partial charge on any atom is -0.431 e. The molecule has 0 bridgehead atoms. The van der Waals surface area contributed by atoms with Gasteiger partial charge in [-0.25, -0.2) is 18.4 Å². The summed E-state index contributed by atoms with van der Waals surface area (Å²) >= 11 is 1.44. The van der Waals surface area contributed by atoms with Crippen LogP contribution in [0.1, 0.15) is 19.7 Å². The Morgan fingerprint density at radius 2 is 1.86 bits per heavy atom. The summed E-state index contributed by atoms with van der Waals surface area (Å²) in [5.74, 6) is 1.28. The van der Waals surface area contributed by atoms with Crippen molar-refractivity contribution in [1.29, 1.82) is 0 Å². The summed E-state index contributed by atoms with van der Waals surface area (Å²) in [4.78, 5) is 12.4. The van der Waals surface area contributed by atoms with Crippen molar-refractivity contribution in [2.75, 3.05) is 13.1 Å². The van der Waals surface area contributed by atoms with Gasteiger partial charge < -0.3 is 9.40 Å². The molecule has 0 amide bonds. The molecule has 2 aromatic heterocycles. The van der Waals surface area contributed by atoms with E-state index in [0.717, 1.165) is 22.4 Å². The van der Waals surface area contributed by atoms with Gasteiger partial charge in [-0.15, -0.1) is 0 Å². The molecule has 0 radical (unpaired) electrons. The quantitative estimate of drug-likeness (QED) is 0.457. The largest absolute Gasteiger partial charge is 0.431 e. The van der Waals surface area contributed by atoms with Crippen LogP contribution in [0, 0.1) is 0 Å². The fraction of sp³-hybridized carbons (Fsp3) is 0.263. The number of fused-ring (bicyclic) bond motifs is 2. The first kappa shape index (κ1) is 19.0. The van der Waals surface area contributed by atoms with E-state index in [-0.39, 0.29) is 4.90 Å². The molecule has 2 heterocycles. The summed E-state index contributed by atoms with van der Waals surface area (Å²) in [5, 5.41) is 0.575. The van der Waals surface area contributed by atoms with Crippen LogP contribution in [0.15, 0.2) is 57.0 Å². The van der Waals surface area contributed by atoms with Crippen molar-refractivity contribution in [3.05, 3.63) is 48.3 Å². The number of hydrogen-bond acceptors (Lipinski definition) is 6. The van der Waals surface area contributed by atoms with Gasteiger partial charge in [0.25, 0.3) is 5.22 Å². The lowest BCUT2D eigenvalue weighted by molar-refractivity contribution is 0.445. The molecule has 4 aromatic rings. The van der Waals surface area contributed by atoms with E-state index in [1.165, 1.54) is 16.1 Å². The van der Waals surface area contributed by atoms with E-state index in [0.29, 0.717) is 29.6 Å². The molecule has 146 valence electrons. The van der Waals surface area contributed by atoms with Gasteiger partial charge in [-0.1, -0.05) is 37.7 Å². The Bertz CT molecular complexity index is 1190. The predicted molar refractivity (Wildman–Crippen MR) is 110 cm³/mol. The Morgan fingerprint density at radius 3 is 2.61 bits per heavy atom. The van der Waals surface area contributed by atoms with Crippen molar-refractivity contribution in [2.24, 2.45) is 0 Å². The summed E-state index contributed by atoms with van der Waals surface area (Å²) < 4.78 is 32.6. The van der Waals surface area contributed by atoms with Crippen molar-refractivity contribution in [3.8, 4) is 0 Å². The maximum atomic E-state index is 12.7. The molecular weight excluding hydrogens is 396 g/mol. The zero-order chi connectivity index (χ0) is 19.7. The van der Waals surface area contributed by atoms with Gasteiger partial charge in [-0.05, 0) is 30.3 Å². The number of sulfonamides is 1. The second-order valence-corrected chi connectivity index (χ2v) is 9.05. The van der Waals surface area contributed by atoms with Gasteiger partial charge in [0, 0.05) is 13.1 Å². The van der Waals surface area contributed by atoms with Crippen molar-refractivity contribution in [3.63, 3.8) is 0 Å². The summed E-state index contributed by atoms with van der Waals surface area (Å²) in [7, 11) is -3.50. The highest BCUT2D eigenvalue weighted by Crippen LogP contribution is 2.27. The van der Waals surface area contributed by atoms with Gasteiger partial charge in [0.2, 0.25) is 10.0 Å². The molecule has 0 aliphatic carbocycles. The average molecular weight is 417 g/mol. The highest BCUT2D eigenvalue weighted by molar-refractivity contribution is 7.98. The lowest BCUT2D eigenvalue weighted by Crippen LogP contribution is -2.30. The number of rotatable bonds is 7. The van der Waals surface area contributed by atoms with Crippen LogP contribution in [0.4, 0.5) is 0 Å². The number of nitrogens with zero attached hydrogens (tertiary/aromatic N) is 3. The summed E-state index contributed by atoms with van der Waals surface area (Å²) in [6.45, 7) is 4.53. The Hall–Kier alpha value is -2.36. The van der Waals surface area contributed by atoms with Gasteiger partial charge in [0.15, 0.2) is 5.58 Å². The first-order valence-electron chi connectivity index (χ1n) is 8.98. The molecule has 0 saturated heterocycles. The monoisotopic (exact) mass is 416 g/mol. The Balaban J connectivity index is 1.56. The number of para-hydroxylation sites is 2. The molecule has 0 aliphatic rings. The van der Waals surface area contributed by atoms with E-state index in [2.05, 4.69) is 15.0 Å². The molecule has 9 heteroatoms.